The lowest BCUT2D eigenvalue weighted by Crippen LogP contribution is -2.32. The third-order valence-electron chi connectivity index (χ3n) is 5.03. The fourth-order valence-electron chi connectivity index (χ4n) is 3.60. The van der Waals surface area contributed by atoms with E-state index in [-0.39, 0.29) is 18.3 Å². The number of nitrogens with one attached hydrogen (secondary N) is 2. The summed E-state index contributed by atoms with van der Waals surface area (Å²) in [5.41, 5.74) is 1.74. The minimum absolute atomic E-state index is 0. The molecule has 3 heterocycles. The van der Waals surface area contributed by atoms with Gasteiger partial charge in [-0.05, 0) is 49.4 Å². The predicted octanol–water partition coefficient (Wildman–Crippen LogP) is 3.00. The quantitative estimate of drug-likeness (QED) is 0.639. The van der Waals surface area contributed by atoms with Crippen LogP contribution in [0.25, 0.3) is 10.9 Å². The van der Waals surface area contributed by atoms with Crippen LogP contribution in [0.3, 0.4) is 0 Å². The van der Waals surface area contributed by atoms with Crippen LogP contribution < -0.4 is 10.6 Å². The van der Waals surface area contributed by atoms with Crippen LogP contribution in [0.1, 0.15) is 35.8 Å². The van der Waals surface area contributed by atoms with Gasteiger partial charge in [0, 0.05) is 37.5 Å². The molecule has 0 saturated carbocycles. The van der Waals surface area contributed by atoms with E-state index in [1.54, 1.807) is 0 Å². The normalized spacial score (nSPS) is 16.8. The molecule has 0 radical (unpaired) electrons. The second kappa shape index (κ2) is 9.06. The number of rotatable bonds is 6. The van der Waals surface area contributed by atoms with E-state index in [1.165, 1.54) is 10.9 Å². The number of carbonyl (C=O) groups excluding carboxylic acids is 1. The van der Waals surface area contributed by atoms with Crippen molar-refractivity contribution in [2.75, 3.05) is 19.6 Å². The fraction of sp³-hybridized carbons (Fsp3) is 0.400. The molecule has 1 unspecified atom stereocenters. The van der Waals surface area contributed by atoms with Crippen molar-refractivity contribution in [3.63, 3.8) is 0 Å². The minimum atomic E-state index is -0.0927. The first-order valence-corrected chi connectivity index (χ1v) is 9.39. The molecule has 1 aromatic carbocycles. The van der Waals surface area contributed by atoms with Crippen molar-refractivity contribution in [2.45, 2.75) is 31.8 Å². The Balaban J connectivity index is 0.00000210. The summed E-state index contributed by atoms with van der Waals surface area (Å²) in [4.78, 5) is 12.3. The van der Waals surface area contributed by atoms with Gasteiger partial charge in [0.15, 0.2) is 0 Å². The van der Waals surface area contributed by atoms with Gasteiger partial charge in [-0.2, -0.15) is 5.10 Å². The maximum Gasteiger partial charge on any atom is 0.271 e. The standard InChI is InChI=1S/C20H25N5O.ClH/c26-20(18-9-14-25(23-18)17-6-3-10-21-15-17)22-11-4-12-24-13-8-16-5-1-2-7-19(16)24;/h1-2,5,7-9,13-14,17,21H,3-4,6,10-12,15H2,(H,22,26);1H. The molecule has 2 N–H and O–H groups in total. The monoisotopic (exact) mass is 387 g/mol. The summed E-state index contributed by atoms with van der Waals surface area (Å²) in [6.45, 7) is 3.52. The molecule has 6 nitrogen and oxygen atoms in total. The number of benzene rings is 1. The van der Waals surface area contributed by atoms with Crippen molar-refractivity contribution in [2.24, 2.45) is 0 Å². The van der Waals surface area contributed by atoms with Crippen LogP contribution in [0.15, 0.2) is 48.8 Å². The average Bonchev–Trinajstić information content (AvgIpc) is 3.33. The van der Waals surface area contributed by atoms with Gasteiger partial charge in [-0.3, -0.25) is 9.48 Å². The van der Waals surface area contributed by atoms with E-state index in [2.05, 4.69) is 56.8 Å². The number of nitrogens with zero attached hydrogens (tertiary/aromatic N) is 3. The van der Waals surface area contributed by atoms with Crippen LogP contribution in [0.5, 0.6) is 0 Å². The van der Waals surface area contributed by atoms with Crippen LogP contribution in [0.2, 0.25) is 0 Å². The van der Waals surface area contributed by atoms with E-state index in [0.29, 0.717) is 18.3 Å². The van der Waals surface area contributed by atoms with Gasteiger partial charge in [0.2, 0.25) is 0 Å². The summed E-state index contributed by atoms with van der Waals surface area (Å²) >= 11 is 0. The highest BCUT2D eigenvalue weighted by Crippen LogP contribution is 2.16. The van der Waals surface area contributed by atoms with Gasteiger partial charge < -0.3 is 15.2 Å². The lowest BCUT2D eigenvalue weighted by atomic mass is 10.1. The number of carbonyl (C=O) groups is 1. The highest BCUT2D eigenvalue weighted by molar-refractivity contribution is 5.92. The Morgan fingerprint density at radius 2 is 2.11 bits per heavy atom. The highest BCUT2D eigenvalue weighted by atomic mass is 35.5. The SMILES string of the molecule is Cl.O=C(NCCCn1ccc2ccccc21)c1ccn(C2CCCNC2)n1. The van der Waals surface area contributed by atoms with E-state index in [4.69, 9.17) is 0 Å². The molecule has 2 aromatic heterocycles. The predicted molar refractivity (Wildman–Crippen MR) is 110 cm³/mol. The number of aromatic nitrogens is 3. The first kappa shape index (κ1) is 19.5. The van der Waals surface area contributed by atoms with Gasteiger partial charge in [-0.15, -0.1) is 12.4 Å². The molecular formula is C20H26ClN5O. The zero-order chi connectivity index (χ0) is 17.8. The first-order valence-electron chi connectivity index (χ1n) is 9.39. The van der Waals surface area contributed by atoms with Gasteiger partial charge in [0.1, 0.15) is 5.69 Å². The van der Waals surface area contributed by atoms with Crippen LogP contribution in [0, 0.1) is 0 Å². The number of halogens is 1. The zero-order valence-electron chi connectivity index (χ0n) is 15.3. The Morgan fingerprint density at radius 1 is 1.22 bits per heavy atom. The number of para-hydroxylation sites is 1. The van der Waals surface area contributed by atoms with Gasteiger partial charge in [-0.1, -0.05) is 18.2 Å². The number of amides is 1. The number of fused-ring (bicyclic) bond motifs is 1. The molecule has 7 heteroatoms. The zero-order valence-corrected chi connectivity index (χ0v) is 16.1. The molecule has 4 rings (SSSR count). The molecular weight excluding hydrogens is 362 g/mol. The minimum Gasteiger partial charge on any atom is -0.351 e. The molecule has 1 amide bonds. The molecule has 27 heavy (non-hydrogen) atoms. The second-order valence-corrected chi connectivity index (χ2v) is 6.86. The first-order chi connectivity index (χ1) is 12.8. The molecule has 1 atom stereocenters. The third-order valence-corrected chi connectivity index (χ3v) is 5.03. The Morgan fingerprint density at radius 3 is 2.96 bits per heavy atom. The van der Waals surface area contributed by atoms with Crippen molar-refractivity contribution in [1.29, 1.82) is 0 Å². The highest BCUT2D eigenvalue weighted by Gasteiger charge is 2.17. The molecule has 3 aromatic rings. The van der Waals surface area contributed by atoms with E-state index in [9.17, 15) is 4.79 Å². The number of hydrogen-bond acceptors (Lipinski definition) is 3. The van der Waals surface area contributed by atoms with Crippen LogP contribution in [-0.2, 0) is 6.54 Å². The molecule has 1 aliphatic heterocycles. The van der Waals surface area contributed by atoms with Gasteiger partial charge >= 0.3 is 0 Å². The topological polar surface area (TPSA) is 63.9 Å². The Bertz CT molecular complexity index is 881. The van der Waals surface area contributed by atoms with E-state index in [1.807, 2.05) is 16.9 Å². The summed E-state index contributed by atoms with van der Waals surface area (Å²) in [7, 11) is 0. The smallest absolute Gasteiger partial charge is 0.271 e. The fourth-order valence-corrected chi connectivity index (χ4v) is 3.60. The molecule has 1 aliphatic rings. The Kier molecular flexibility index (Phi) is 6.53. The summed E-state index contributed by atoms with van der Waals surface area (Å²) < 4.78 is 4.15. The van der Waals surface area contributed by atoms with E-state index >= 15 is 0 Å². The Hall–Kier alpha value is -2.31. The summed E-state index contributed by atoms with van der Waals surface area (Å²) in [6.07, 6.45) is 7.17. The van der Waals surface area contributed by atoms with Gasteiger partial charge in [0.25, 0.3) is 5.91 Å². The van der Waals surface area contributed by atoms with Gasteiger partial charge in [-0.25, -0.2) is 0 Å². The van der Waals surface area contributed by atoms with Crippen molar-refractivity contribution in [3.8, 4) is 0 Å². The van der Waals surface area contributed by atoms with Crippen LogP contribution in [-0.4, -0.2) is 39.9 Å². The second-order valence-electron chi connectivity index (χ2n) is 6.86. The molecule has 1 saturated heterocycles. The van der Waals surface area contributed by atoms with Gasteiger partial charge in [0.05, 0.1) is 6.04 Å². The molecule has 0 spiro atoms. The Labute approximate surface area is 165 Å². The summed E-state index contributed by atoms with van der Waals surface area (Å²) in [5.74, 6) is -0.0927. The van der Waals surface area contributed by atoms with Crippen molar-refractivity contribution in [3.05, 3.63) is 54.5 Å². The van der Waals surface area contributed by atoms with Crippen molar-refractivity contribution in [1.82, 2.24) is 25.0 Å². The molecule has 0 aliphatic carbocycles. The third kappa shape index (κ3) is 4.51. The molecule has 1 fully saturated rings. The molecule has 144 valence electrons. The lowest BCUT2D eigenvalue weighted by molar-refractivity contribution is 0.0946. The van der Waals surface area contributed by atoms with Crippen LogP contribution in [0.4, 0.5) is 0 Å². The molecule has 0 bridgehead atoms. The maximum absolute atomic E-state index is 12.3. The summed E-state index contributed by atoms with van der Waals surface area (Å²) in [6, 6.07) is 12.6. The van der Waals surface area contributed by atoms with E-state index in [0.717, 1.165) is 38.9 Å². The van der Waals surface area contributed by atoms with Crippen molar-refractivity contribution < 1.29 is 4.79 Å². The van der Waals surface area contributed by atoms with Crippen molar-refractivity contribution >= 4 is 29.2 Å². The van der Waals surface area contributed by atoms with E-state index < -0.39 is 0 Å². The van der Waals surface area contributed by atoms with Crippen LogP contribution >= 0.6 is 12.4 Å². The number of piperidine rings is 1. The number of aryl methyl sites for hydroxylation is 1. The largest absolute Gasteiger partial charge is 0.351 e. The number of hydrogen-bond donors (Lipinski definition) is 2. The summed E-state index contributed by atoms with van der Waals surface area (Å²) in [5, 5.41) is 12.1. The maximum atomic E-state index is 12.3. The lowest BCUT2D eigenvalue weighted by Gasteiger charge is -2.22. The average molecular weight is 388 g/mol.